The van der Waals surface area contributed by atoms with Crippen molar-refractivity contribution in [1.82, 2.24) is 10.2 Å². The lowest BCUT2D eigenvalue weighted by Gasteiger charge is -2.36. The van der Waals surface area contributed by atoms with Gasteiger partial charge >= 0.3 is 6.09 Å². The minimum absolute atomic E-state index is 0.304. The van der Waals surface area contributed by atoms with Crippen molar-refractivity contribution in [2.24, 2.45) is 0 Å². The summed E-state index contributed by atoms with van der Waals surface area (Å²) in [5, 5.41) is 3.60. The third-order valence-corrected chi connectivity index (χ3v) is 4.91. The molecule has 144 valence electrons. The van der Waals surface area contributed by atoms with Gasteiger partial charge in [0.1, 0.15) is 6.61 Å². The van der Waals surface area contributed by atoms with Crippen molar-refractivity contribution in [2.75, 3.05) is 44.2 Å². The average molecular weight is 388 g/mol. The molecule has 0 spiro atoms. The molecule has 2 aromatic carbocycles. The SMILES string of the molecule is O=C(NCCCN1CCN(c2cccc(Cl)c2)CC1)OCc1ccccc1. The molecule has 1 heterocycles. The normalized spacial score (nSPS) is 14.8. The molecule has 0 saturated carbocycles. The van der Waals surface area contributed by atoms with Gasteiger partial charge in [-0.3, -0.25) is 4.90 Å². The number of hydrogen-bond acceptors (Lipinski definition) is 4. The molecule has 1 aliphatic heterocycles. The van der Waals surface area contributed by atoms with Crippen molar-refractivity contribution >= 4 is 23.4 Å². The number of alkyl carbamates (subject to hydrolysis) is 1. The Morgan fingerprint density at radius 2 is 1.81 bits per heavy atom. The fraction of sp³-hybridized carbons (Fsp3) is 0.381. The topological polar surface area (TPSA) is 44.8 Å². The lowest BCUT2D eigenvalue weighted by Crippen LogP contribution is -2.47. The van der Waals surface area contributed by atoms with Gasteiger partial charge < -0.3 is 15.0 Å². The molecule has 1 N–H and O–H groups in total. The zero-order valence-corrected chi connectivity index (χ0v) is 16.2. The number of benzene rings is 2. The van der Waals surface area contributed by atoms with Gasteiger partial charge in [0, 0.05) is 43.4 Å². The van der Waals surface area contributed by atoms with Gasteiger partial charge in [-0.25, -0.2) is 4.79 Å². The summed E-state index contributed by atoms with van der Waals surface area (Å²) in [5.74, 6) is 0. The average Bonchev–Trinajstić information content (AvgIpc) is 2.71. The molecule has 6 heteroatoms. The van der Waals surface area contributed by atoms with Gasteiger partial charge in [0.25, 0.3) is 0 Å². The van der Waals surface area contributed by atoms with E-state index in [1.54, 1.807) is 0 Å². The zero-order valence-electron chi connectivity index (χ0n) is 15.4. The molecule has 2 aromatic rings. The van der Waals surface area contributed by atoms with Crippen LogP contribution in [0.15, 0.2) is 54.6 Å². The predicted octanol–water partition coefficient (Wildman–Crippen LogP) is 3.78. The van der Waals surface area contributed by atoms with Gasteiger partial charge in [0.2, 0.25) is 0 Å². The summed E-state index contributed by atoms with van der Waals surface area (Å²) >= 11 is 6.08. The third kappa shape index (κ3) is 6.45. The second-order valence-electron chi connectivity index (χ2n) is 6.65. The molecule has 0 unspecified atom stereocenters. The van der Waals surface area contributed by atoms with E-state index in [1.807, 2.05) is 48.5 Å². The lowest BCUT2D eigenvalue weighted by atomic mass is 10.2. The van der Waals surface area contributed by atoms with Gasteiger partial charge in [-0.2, -0.15) is 0 Å². The summed E-state index contributed by atoms with van der Waals surface area (Å²) in [5.41, 5.74) is 2.18. The minimum atomic E-state index is -0.357. The van der Waals surface area contributed by atoms with Gasteiger partial charge in [-0.15, -0.1) is 0 Å². The molecule has 0 bridgehead atoms. The summed E-state index contributed by atoms with van der Waals surface area (Å²) in [4.78, 5) is 16.5. The van der Waals surface area contributed by atoms with E-state index in [9.17, 15) is 4.79 Å². The van der Waals surface area contributed by atoms with Crippen molar-refractivity contribution < 1.29 is 9.53 Å². The number of carbonyl (C=O) groups excluding carboxylic acids is 1. The van der Waals surface area contributed by atoms with Gasteiger partial charge in [-0.1, -0.05) is 48.0 Å². The number of carbonyl (C=O) groups is 1. The molecular formula is C21H26ClN3O2. The van der Waals surface area contributed by atoms with Crippen LogP contribution in [0, 0.1) is 0 Å². The maximum atomic E-state index is 11.7. The molecule has 1 fully saturated rings. The van der Waals surface area contributed by atoms with E-state index >= 15 is 0 Å². The predicted molar refractivity (Wildman–Crippen MR) is 109 cm³/mol. The van der Waals surface area contributed by atoms with Crippen LogP contribution in [0.2, 0.25) is 5.02 Å². The molecule has 0 aromatic heterocycles. The van der Waals surface area contributed by atoms with E-state index in [2.05, 4.69) is 21.2 Å². The fourth-order valence-electron chi connectivity index (χ4n) is 3.17. The molecule has 0 atom stereocenters. The van der Waals surface area contributed by atoms with Crippen molar-refractivity contribution in [2.45, 2.75) is 13.0 Å². The Labute approximate surface area is 165 Å². The first-order valence-corrected chi connectivity index (χ1v) is 9.76. The van der Waals surface area contributed by atoms with Gasteiger partial charge in [0.15, 0.2) is 0 Å². The van der Waals surface area contributed by atoms with Crippen LogP contribution in [0.1, 0.15) is 12.0 Å². The lowest BCUT2D eigenvalue weighted by molar-refractivity contribution is 0.139. The highest BCUT2D eigenvalue weighted by Crippen LogP contribution is 2.20. The number of rotatable bonds is 7. The van der Waals surface area contributed by atoms with E-state index in [0.29, 0.717) is 13.2 Å². The number of anilines is 1. The Kier molecular flexibility index (Phi) is 7.36. The number of nitrogens with one attached hydrogen (secondary N) is 1. The second kappa shape index (κ2) is 10.2. The van der Waals surface area contributed by atoms with Crippen molar-refractivity contribution in [3.05, 3.63) is 65.2 Å². The second-order valence-corrected chi connectivity index (χ2v) is 7.09. The molecule has 5 nitrogen and oxygen atoms in total. The van der Waals surface area contributed by atoms with Gasteiger partial charge in [-0.05, 0) is 36.7 Å². The maximum Gasteiger partial charge on any atom is 0.407 e. The number of hydrogen-bond donors (Lipinski definition) is 1. The van der Waals surface area contributed by atoms with E-state index in [0.717, 1.165) is 49.7 Å². The first-order chi connectivity index (χ1) is 13.2. The van der Waals surface area contributed by atoms with Crippen LogP contribution >= 0.6 is 11.6 Å². The molecule has 1 aliphatic rings. The van der Waals surface area contributed by atoms with E-state index in [4.69, 9.17) is 16.3 Å². The quantitative estimate of drug-likeness (QED) is 0.734. The third-order valence-electron chi connectivity index (χ3n) is 4.68. The van der Waals surface area contributed by atoms with E-state index in [-0.39, 0.29) is 6.09 Å². The molecule has 27 heavy (non-hydrogen) atoms. The molecule has 3 rings (SSSR count). The Balaban J connectivity index is 1.27. The summed E-state index contributed by atoms with van der Waals surface area (Å²) < 4.78 is 5.21. The van der Waals surface area contributed by atoms with Crippen LogP contribution in [0.4, 0.5) is 10.5 Å². The van der Waals surface area contributed by atoms with Crippen LogP contribution < -0.4 is 10.2 Å². The maximum absolute atomic E-state index is 11.7. The fourth-order valence-corrected chi connectivity index (χ4v) is 3.35. The first-order valence-electron chi connectivity index (χ1n) is 9.38. The number of nitrogens with zero attached hydrogens (tertiary/aromatic N) is 2. The molecular weight excluding hydrogens is 362 g/mol. The standard InChI is InChI=1S/C21H26ClN3O2/c22-19-8-4-9-20(16-19)25-14-12-24(13-15-25)11-5-10-23-21(26)27-17-18-6-2-1-3-7-18/h1-4,6-9,16H,5,10-15,17H2,(H,23,26). The Bertz CT molecular complexity index is 718. The smallest absolute Gasteiger partial charge is 0.407 e. The molecule has 0 radical (unpaired) electrons. The number of ether oxygens (including phenoxy) is 1. The Morgan fingerprint density at radius 1 is 1.04 bits per heavy atom. The minimum Gasteiger partial charge on any atom is -0.445 e. The highest BCUT2D eigenvalue weighted by Gasteiger charge is 2.17. The number of piperazine rings is 1. The van der Waals surface area contributed by atoms with Crippen LogP contribution in [0.25, 0.3) is 0 Å². The van der Waals surface area contributed by atoms with Crippen LogP contribution in [0.3, 0.4) is 0 Å². The number of amides is 1. The van der Waals surface area contributed by atoms with Crippen LogP contribution in [-0.2, 0) is 11.3 Å². The van der Waals surface area contributed by atoms with E-state index in [1.165, 1.54) is 5.69 Å². The first kappa shape index (κ1) is 19.5. The van der Waals surface area contributed by atoms with Crippen molar-refractivity contribution in [3.63, 3.8) is 0 Å². The van der Waals surface area contributed by atoms with Gasteiger partial charge in [0.05, 0.1) is 0 Å². The molecule has 1 saturated heterocycles. The monoisotopic (exact) mass is 387 g/mol. The molecule has 0 aliphatic carbocycles. The Morgan fingerprint density at radius 3 is 2.56 bits per heavy atom. The zero-order chi connectivity index (χ0) is 18.9. The van der Waals surface area contributed by atoms with Crippen LogP contribution in [0.5, 0.6) is 0 Å². The summed E-state index contributed by atoms with van der Waals surface area (Å²) in [7, 11) is 0. The summed E-state index contributed by atoms with van der Waals surface area (Å²) in [6, 6.07) is 17.7. The largest absolute Gasteiger partial charge is 0.445 e. The molecule has 1 amide bonds. The van der Waals surface area contributed by atoms with Crippen LogP contribution in [-0.4, -0.2) is 50.3 Å². The number of halogens is 1. The van der Waals surface area contributed by atoms with Crippen molar-refractivity contribution in [3.8, 4) is 0 Å². The van der Waals surface area contributed by atoms with Crippen molar-refractivity contribution in [1.29, 1.82) is 0 Å². The highest BCUT2D eigenvalue weighted by molar-refractivity contribution is 6.30. The Hall–Kier alpha value is -2.24. The van der Waals surface area contributed by atoms with E-state index < -0.39 is 0 Å². The summed E-state index contributed by atoms with van der Waals surface area (Å²) in [6.45, 7) is 5.93. The summed E-state index contributed by atoms with van der Waals surface area (Å²) in [6.07, 6.45) is 0.557. The highest BCUT2D eigenvalue weighted by atomic mass is 35.5.